The second-order valence-electron chi connectivity index (χ2n) is 4.61. The molecule has 3 rings (SSSR count). The van der Waals surface area contributed by atoms with Crippen molar-refractivity contribution in [2.24, 2.45) is 7.05 Å². The molecule has 4 heteroatoms. The summed E-state index contributed by atoms with van der Waals surface area (Å²) in [5.41, 5.74) is 5.32. The lowest BCUT2D eigenvalue weighted by molar-refractivity contribution is 0.561. The number of benzene rings is 1. The average Bonchev–Trinajstić information content (AvgIpc) is 2.90. The van der Waals surface area contributed by atoms with Gasteiger partial charge in [-0.25, -0.2) is 4.98 Å². The van der Waals surface area contributed by atoms with Crippen LogP contribution in [0.4, 0.5) is 0 Å². The van der Waals surface area contributed by atoms with Crippen LogP contribution < -0.4 is 0 Å². The first-order valence-electron chi connectivity index (χ1n) is 6.04. The van der Waals surface area contributed by atoms with Gasteiger partial charge in [0, 0.05) is 30.9 Å². The fourth-order valence-corrected chi connectivity index (χ4v) is 2.29. The van der Waals surface area contributed by atoms with E-state index in [2.05, 4.69) is 11.1 Å². The summed E-state index contributed by atoms with van der Waals surface area (Å²) in [4.78, 5) is 4.28. The summed E-state index contributed by atoms with van der Waals surface area (Å²) in [6, 6.07) is 10.0. The van der Waals surface area contributed by atoms with Gasteiger partial charge in [0.05, 0.1) is 5.56 Å². The van der Waals surface area contributed by atoms with E-state index >= 15 is 0 Å². The van der Waals surface area contributed by atoms with Crippen LogP contribution in [0.5, 0.6) is 0 Å². The van der Waals surface area contributed by atoms with Crippen molar-refractivity contribution in [2.45, 2.75) is 13.8 Å². The summed E-state index contributed by atoms with van der Waals surface area (Å²) in [6.07, 6.45) is 0. The van der Waals surface area contributed by atoms with Crippen LogP contribution in [0.1, 0.15) is 17.1 Å². The number of nitrogens with zero attached hydrogens (tertiary/aromatic N) is 3. The minimum atomic E-state index is 0.660. The average molecular weight is 251 g/mol. The van der Waals surface area contributed by atoms with E-state index in [4.69, 9.17) is 9.68 Å². The molecule has 4 nitrogen and oxygen atoms in total. The summed E-state index contributed by atoms with van der Waals surface area (Å²) >= 11 is 0. The van der Waals surface area contributed by atoms with E-state index in [0.29, 0.717) is 11.5 Å². The van der Waals surface area contributed by atoms with E-state index in [0.717, 1.165) is 28.1 Å². The Morgan fingerprint density at radius 3 is 2.74 bits per heavy atom. The quantitative estimate of drug-likeness (QED) is 0.666. The normalized spacial score (nSPS) is 10.8. The summed E-state index contributed by atoms with van der Waals surface area (Å²) in [6.45, 7) is 3.78. The molecule has 0 radical (unpaired) electrons. The zero-order valence-electron chi connectivity index (χ0n) is 11.1. The van der Waals surface area contributed by atoms with Crippen LogP contribution in [0.25, 0.3) is 22.4 Å². The molecule has 0 amide bonds. The van der Waals surface area contributed by atoms with Crippen molar-refractivity contribution < 1.29 is 4.42 Å². The molecule has 0 atom stereocenters. The van der Waals surface area contributed by atoms with Gasteiger partial charge >= 0.3 is 0 Å². The van der Waals surface area contributed by atoms with Crippen LogP contribution in [0, 0.1) is 25.2 Å². The third-order valence-electron chi connectivity index (χ3n) is 3.45. The molecule has 0 saturated carbocycles. The highest BCUT2D eigenvalue weighted by Gasteiger charge is 2.12. The summed E-state index contributed by atoms with van der Waals surface area (Å²) in [5.74, 6) is 0.660. The number of rotatable bonds is 1. The van der Waals surface area contributed by atoms with Crippen LogP contribution in [-0.2, 0) is 7.05 Å². The largest absolute Gasteiger partial charge is 0.441 e. The molecule has 3 aromatic rings. The van der Waals surface area contributed by atoms with Gasteiger partial charge in [-0.3, -0.25) is 0 Å². The molecule has 0 unspecified atom stereocenters. The molecule has 0 N–H and O–H groups in total. The molecule has 0 aliphatic carbocycles. The van der Waals surface area contributed by atoms with Crippen LogP contribution in [0.15, 0.2) is 28.7 Å². The Hall–Kier alpha value is -2.54. The van der Waals surface area contributed by atoms with Gasteiger partial charge in [0.1, 0.15) is 11.6 Å². The zero-order valence-corrected chi connectivity index (χ0v) is 11.1. The van der Waals surface area contributed by atoms with E-state index in [1.807, 2.05) is 49.7 Å². The Labute approximate surface area is 110 Å². The van der Waals surface area contributed by atoms with Crippen molar-refractivity contribution in [3.05, 3.63) is 41.4 Å². The van der Waals surface area contributed by atoms with Crippen LogP contribution in [0.2, 0.25) is 0 Å². The molecule has 2 heterocycles. The topological polar surface area (TPSA) is 54.8 Å². The Morgan fingerprint density at radius 1 is 1.26 bits per heavy atom. The minimum absolute atomic E-state index is 0.660. The molecule has 94 valence electrons. The Morgan fingerprint density at radius 2 is 2.05 bits per heavy atom. The third-order valence-corrected chi connectivity index (χ3v) is 3.45. The first kappa shape index (κ1) is 11.5. The number of hydrogen-bond acceptors (Lipinski definition) is 3. The van der Waals surface area contributed by atoms with Gasteiger partial charge in [-0.15, -0.1) is 0 Å². The van der Waals surface area contributed by atoms with Gasteiger partial charge in [0.15, 0.2) is 11.5 Å². The number of aromatic nitrogens is 2. The lowest BCUT2D eigenvalue weighted by atomic mass is 10.1. The number of hydrogen-bond donors (Lipinski definition) is 0. The van der Waals surface area contributed by atoms with Gasteiger partial charge in [0.2, 0.25) is 0 Å². The maximum Gasteiger partial charge on any atom is 0.192 e. The van der Waals surface area contributed by atoms with Gasteiger partial charge < -0.3 is 8.98 Å². The van der Waals surface area contributed by atoms with E-state index in [9.17, 15) is 0 Å². The van der Waals surface area contributed by atoms with Crippen molar-refractivity contribution in [3.8, 4) is 17.3 Å². The zero-order chi connectivity index (χ0) is 13.6. The molecule has 0 aliphatic heterocycles. The van der Waals surface area contributed by atoms with Crippen LogP contribution in [0.3, 0.4) is 0 Å². The molecule has 2 aromatic heterocycles. The first-order valence-corrected chi connectivity index (χ1v) is 6.04. The molecule has 0 fully saturated rings. The lowest BCUT2D eigenvalue weighted by Gasteiger charge is -2.04. The number of nitriles is 1. The van der Waals surface area contributed by atoms with Crippen LogP contribution in [-0.4, -0.2) is 9.55 Å². The molecular formula is C15H13N3O. The van der Waals surface area contributed by atoms with Crippen LogP contribution >= 0.6 is 0 Å². The highest BCUT2D eigenvalue weighted by Crippen LogP contribution is 2.27. The second-order valence-corrected chi connectivity index (χ2v) is 4.61. The van der Waals surface area contributed by atoms with Gasteiger partial charge in [0.25, 0.3) is 0 Å². The number of oxazole rings is 1. The molecule has 19 heavy (non-hydrogen) atoms. The van der Waals surface area contributed by atoms with Gasteiger partial charge in [-0.1, -0.05) is 6.07 Å². The predicted molar refractivity (Wildman–Crippen MR) is 72.6 cm³/mol. The van der Waals surface area contributed by atoms with Crippen molar-refractivity contribution in [1.29, 1.82) is 5.26 Å². The van der Waals surface area contributed by atoms with Gasteiger partial charge in [-0.2, -0.15) is 5.26 Å². The minimum Gasteiger partial charge on any atom is -0.441 e. The molecule has 1 aromatic carbocycles. The Bertz CT molecular complexity index is 818. The Kier molecular flexibility index (Phi) is 2.42. The molecule has 0 spiro atoms. The van der Waals surface area contributed by atoms with Crippen molar-refractivity contribution in [2.75, 3.05) is 0 Å². The molecular weight excluding hydrogens is 238 g/mol. The molecule has 0 bridgehead atoms. The Balaban J connectivity index is 2.21. The van der Waals surface area contributed by atoms with E-state index in [1.54, 1.807) is 0 Å². The van der Waals surface area contributed by atoms with Crippen molar-refractivity contribution in [3.63, 3.8) is 0 Å². The highest BCUT2D eigenvalue weighted by molar-refractivity contribution is 5.80. The van der Waals surface area contributed by atoms with Crippen molar-refractivity contribution >= 4 is 11.1 Å². The maximum absolute atomic E-state index is 9.09. The third kappa shape index (κ3) is 1.71. The highest BCUT2D eigenvalue weighted by atomic mass is 16.3. The van der Waals surface area contributed by atoms with E-state index < -0.39 is 0 Å². The fourth-order valence-electron chi connectivity index (χ4n) is 2.29. The van der Waals surface area contributed by atoms with Gasteiger partial charge in [-0.05, 0) is 25.1 Å². The fraction of sp³-hybridized carbons (Fsp3) is 0.200. The first-order chi connectivity index (χ1) is 9.10. The second kappa shape index (κ2) is 3.99. The number of aryl methyl sites for hydroxylation is 1. The monoisotopic (exact) mass is 251 g/mol. The smallest absolute Gasteiger partial charge is 0.192 e. The maximum atomic E-state index is 9.09. The van der Waals surface area contributed by atoms with E-state index in [-0.39, 0.29) is 0 Å². The summed E-state index contributed by atoms with van der Waals surface area (Å²) in [5, 5.41) is 9.09. The molecule has 0 saturated heterocycles. The summed E-state index contributed by atoms with van der Waals surface area (Å²) < 4.78 is 7.56. The number of fused-ring (bicyclic) bond motifs is 1. The van der Waals surface area contributed by atoms with Crippen molar-refractivity contribution in [1.82, 2.24) is 9.55 Å². The SMILES string of the molecule is Cc1nc2ccc(-c3cc(C#N)c(C)n3C)cc2o1. The van der Waals surface area contributed by atoms with E-state index in [1.165, 1.54) is 0 Å². The lowest BCUT2D eigenvalue weighted by Crippen LogP contribution is -1.94. The molecule has 0 aliphatic rings. The standard InChI is InChI=1S/C15H13N3O/c1-9-12(8-16)6-14(18(9)3)11-4-5-13-15(7-11)19-10(2)17-13/h4-7H,1-3H3. The predicted octanol–water partition coefficient (Wildman–Crippen LogP) is 3.32. The summed E-state index contributed by atoms with van der Waals surface area (Å²) in [7, 11) is 1.96.